The molecule has 12 nitrogen and oxygen atoms in total. The van der Waals surface area contributed by atoms with Crippen molar-refractivity contribution in [3.63, 3.8) is 0 Å². The van der Waals surface area contributed by atoms with Gasteiger partial charge in [-0.3, -0.25) is 24.0 Å². The van der Waals surface area contributed by atoms with E-state index in [1.54, 1.807) is 39.8 Å². The third-order valence-corrected chi connectivity index (χ3v) is 13.7. The number of carbonyl (C=O) groups is 4. The van der Waals surface area contributed by atoms with Crippen LogP contribution in [-0.4, -0.2) is 77.1 Å². The van der Waals surface area contributed by atoms with E-state index in [1.807, 2.05) is 6.07 Å². The number of carbonyl (C=O) groups excluding carboxylic acids is 4. The molecule has 0 aromatic heterocycles. The Bertz CT molecular complexity index is 2020. The van der Waals surface area contributed by atoms with Crippen LogP contribution in [0, 0.1) is 17.2 Å². The van der Waals surface area contributed by atoms with E-state index in [4.69, 9.17) is 16.3 Å². The highest BCUT2D eigenvalue weighted by Crippen LogP contribution is 2.48. The van der Waals surface area contributed by atoms with Crippen molar-refractivity contribution in [3.8, 4) is 0 Å². The van der Waals surface area contributed by atoms with Crippen LogP contribution < -0.4 is 15.4 Å². The van der Waals surface area contributed by atoms with Crippen molar-refractivity contribution in [1.29, 1.82) is 0 Å². The average Bonchev–Trinajstić information content (AvgIpc) is 3.89. The van der Waals surface area contributed by atoms with Gasteiger partial charge in [0.1, 0.15) is 29.5 Å². The van der Waals surface area contributed by atoms with Crippen LogP contribution in [0.15, 0.2) is 36.4 Å². The molecule has 3 N–H and O–H groups in total. The molecule has 18 heteroatoms. The topological polar surface area (TPSA) is 154 Å². The second-order valence-electron chi connectivity index (χ2n) is 16.3. The Kier molecular flexibility index (Phi) is 10.4. The molecule has 0 spiro atoms. The molecule has 0 radical (unpaired) electrons. The van der Waals surface area contributed by atoms with E-state index >= 15 is 0 Å². The van der Waals surface area contributed by atoms with Crippen LogP contribution in [0.4, 0.5) is 28.0 Å². The van der Waals surface area contributed by atoms with Gasteiger partial charge in [0.15, 0.2) is 0 Å². The summed E-state index contributed by atoms with van der Waals surface area (Å²) >= 11 is 6.33. The summed E-state index contributed by atoms with van der Waals surface area (Å²) in [5, 5.41) is 6.02. The predicted molar refractivity (Wildman–Crippen MR) is 193 cm³/mol. The standard InChI is InChI=1S/C37H44ClF4N5O7S/c1-6-21-16-36(21,32(50)45-55(52,53)35(5)12-13-35)44-30(48)28-15-23(54-33(51)46-17-20-8-7-9-26(38)24(20)19-46)18-47(28)31(49)29(34(2,3)4)43-22-10-11-27(39)25(14-22)37(40,41)42/h7-11,14,21,23,28-29,43H,6,12-13,15-19H2,1-5H3,(H,44,48)(H,45,50)/t21-,23-,28+,29-,36-/m1/s1. The first-order valence-corrected chi connectivity index (χ1v) is 19.9. The minimum absolute atomic E-state index is 0.142. The molecule has 300 valence electrons. The maximum atomic E-state index is 14.5. The van der Waals surface area contributed by atoms with Crippen LogP contribution in [0.5, 0.6) is 0 Å². The van der Waals surface area contributed by atoms with Crippen molar-refractivity contribution in [2.45, 2.75) is 114 Å². The number of nitrogens with zero attached hydrogens (tertiary/aromatic N) is 2. The van der Waals surface area contributed by atoms with Gasteiger partial charge in [0.05, 0.1) is 23.4 Å². The van der Waals surface area contributed by atoms with Crippen LogP contribution in [0.3, 0.4) is 0 Å². The second kappa shape index (κ2) is 14.1. The maximum Gasteiger partial charge on any atom is 0.419 e. The van der Waals surface area contributed by atoms with Gasteiger partial charge >= 0.3 is 12.3 Å². The van der Waals surface area contributed by atoms with Gasteiger partial charge in [0, 0.05) is 23.7 Å². The number of amides is 4. The Balaban J connectivity index is 1.27. The van der Waals surface area contributed by atoms with Crippen LogP contribution in [0.25, 0.3) is 0 Å². The number of nitrogens with one attached hydrogen (secondary N) is 3. The molecule has 55 heavy (non-hydrogen) atoms. The monoisotopic (exact) mass is 813 g/mol. The predicted octanol–water partition coefficient (Wildman–Crippen LogP) is 5.73. The lowest BCUT2D eigenvalue weighted by Gasteiger charge is -2.36. The van der Waals surface area contributed by atoms with E-state index in [9.17, 15) is 45.2 Å². The van der Waals surface area contributed by atoms with Crippen molar-refractivity contribution in [3.05, 3.63) is 63.9 Å². The summed E-state index contributed by atoms with van der Waals surface area (Å²) in [5.41, 5.74) is -2.75. The zero-order valence-corrected chi connectivity index (χ0v) is 32.6. The van der Waals surface area contributed by atoms with E-state index in [0.717, 1.165) is 22.1 Å². The van der Waals surface area contributed by atoms with Gasteiger partial charge in [-0.2, -0.15) is 13.2 Å². The fourth-order valence-electron chi connectivity index (χ4n) is 7.31. The molecule has 0 unspecified atom stereocenters. The largest absolute Gasteiger partial charge is 0.444 e. The van der Waals surface area contributed by atoms with Crippen LogP contribution in [-0.2, 0) is 48.4 Å². The van der Waals surface area contributed by atoms with E-state index < -0.39 is 91.2 Å². The van der Waals surface area contributed by atoms with Crippen LogP contribution in [0.1, 0.15) is 83.4 Å². The first kappa shape index (κ1) is 40.5. The number of sulfonamides is 1. The molecule has 3 fully saturated rings. The number of anilines is 1. The molecule has 2 aromatic carbocycles. The smallest absolute Gasteiger partial charge is 0.419 e. The van der Waals surface area contributed by atoms with Gasteiger partial charge < -0.3 is 20.3 Å². The zero-order chi connectivity index (χ0) is 40.5. The molecule has 2 saturated carbocycles. The van der Waals surface area contributed by atoms with Crippen molar-refractivity contribution in [1.82, 2.24) is 19.8 Å². The number of benzene rings is 2. The number of rotatable bonds is 10. The fraction of sp³-hybridized carbons (Fsp3) is 0.568. The Morgan fingerprint density at radius 2 is 1.76 bits per heavy atom. The van der Waals surface area contributed by atoms with E-state index in [-0.39, 0.29) is 38.2 Å². The number of alkyl halides is 3. The van der Waals surface area contributed by atoms with E-state index in [2.05, 4.69) is 15.4 Å². The molecular formula is C37H44ClF4N5O7S. The molecule has 2 aromatic rings. The summed E-state index contributed by atoms with van der Waals surface area (Å²) < 4.78 is 87.8. The highest BCUT2D eigenvalue weighted by atomic mass is 35.5. The third-order valence-electron chi connectivity index (χ3n) is 11.2. The van der Waals surface area contributed by atoms with Gasteiger partial charge in [-0.1, -0.05) is 57.8 Å². The lowest BCUT2D eigenvalue weighted by atomic mass is 9.85. The van der Waals surface area contributed by atoms with E-state index in [1.165, 1.54) is 11.8 Å². The van der Waals surface area contributed by atoms with Gasteiger partial charge in [0.2, 0.25) is 21.8 Å². The van der Waals surface area contributed by atoms with Crippen LogP contribution >= 0.6 is 11.6 Å². The summed E-state index contributed by atoms with van der Waals surface area (Å²) in [6, 6.07) is 4.90. The third kappa shape index (κ3) is 7.96. The lowest BCUT2D eigenvalue weighted by Crippen LogP contribution is -2.59. The number of hydrogen-bond donors (Lipinski definition) is 3. The normalized spacial score (nSPS) is 24.8. The molecule has 4 amide bonds. The van der Waals surface area contributed by atoms with Gasteiger partial charge in [-0.25, -0.2) is 17.6 Å². The zero-order valence-electron chi connectivity index (χ0n) is 31.0. The second-order valence-corrected chi connectivity index (χ2v) is 18.9. The van der Waals surface area contributed by atoms with Crippen LogP contribution in [0.2, 0.25) is 5.02 Å². The first-order chi connectivity index (χ1) is 25.5. The van der Waals surface area contributed by atoms with Crippen molar-refractivity contribution < 1.29 is 49.9 Å². The SMILES string of the molecule is CC[C@@H]1C[C@]1(NC(=O)[C@@H]1C[C@@H](OC(=O)N2Cc3cccc(Cl)c3C2)CN1C(=O)[C@@H](Nc1ccc(F)c(C(F)(F)F)c1)C(C)(C)C)C(=O)NS(=O)(=O)C1(C)CC1. The first-order valence-electron chi connectivity index (χ1n) is 18.0. The minimum atomic E-state index is -5.02. The van der Waals surface area contributed by atoms with Gasteiger partial charge in [-0.15, -0.1) is 0 Å². The number of likely N-dealkylation sites (tertiary alicyclic amines) is 1. The molecule has 2 heterocycles. The summed E-state index contributed by atoms with van der Waals surface area (Å²) in [7, 11) is -4.05. The lowest BCUT2D eigenvalue weighted by molar-refractivity contribution is -0.141. The number of hydrogen-bond acceptors (Lipinski definition) is 8. The molecule has 5 atom stereocenters. The maximum absolute atomic E-state index is 14.5. The van der Waals surface area contributed by atoms with Gasteiger partial charge in [0.25, 0.3) is 5.91 Å². The Morgan fingerprint density at radius 1 is 1.07 bits per heavy atom. The number of fused-ring (bicyclic) bond motifs is 1. The highest BCUT2D eigenvalue weighted by Gasteiger charge is 2.63. The summed E-state index contributed by atoms with van der Waals surface area (Å²) in [5.74, 6) is -4.34. The Hall–Kier alpha value is -4.12. The van der Waals surface area contributed by atoms with Gasteiger partial charge in [-0.05, 0) is 72.9 Å². The number of halogens is 5. The molecule has 4 aliphatic rings. The van der Waals surface area contributed by atoms with Crippen molar-refractivity contribution >= 4 is 51.1 Å². The highest BCUT2D eigenvalue weighted by molar-refractivity contribution is 7.91. The van der Waals surface area contributed by atoms with E-state index in [0.29, 0.717) is 36.4 Å². The molecule has 6 rings (SSSR count). The fourth-order valence-corrected chi connectivity index (χ4v) is 8.88. The number of ether oxygens (including phenoxy) is 1. The quantitative estimate of drug-likeness (QED) is 0.257. The van der Waals surface area contributed by atoms with Crippen molar-refractivity contribution in [2.75, 3.05) is 11.9 Å². The minimum Gasteiger partial charge on any atom is -0.444 e. The molecule has 0 bridgehead atoms. The Morgan fingerprint density at radius 3 is 2.35 bits per heavy atom. The Labute approximate surface area is 321 Å². The summed E-state index contributed by atoms with van der Waals surface area (Å²) in [4.78, 5) is 58.4. The molecule has 1 saturated heterocycles. The summed E-state index contributed by atoms with van der Waals surface area (Å²) in [6.07, 6.45) is -5.67. The van der Waals surface area contributed by atoms with Crippen molar-refractivity contribution in [2.24, 2.45) is 11.3 Å². The molecule has 2 aliphatic heterocycles. The molecule has 2 aliphatic carbocycles. The average molecular weight is 814 g/mol. The summed E-state index contributed by atoms with van der Waals surface area (Å²) in [6.45, 7) is 8.32. The molecular weight excluding hydrogens is 770 g/mol.